The number of hydrogen-bond donors (Lipinski definition) is 1. The zero-order valence-electron chi connectivity index (χ0n) is 9.28. The minimum atomic E-state index is 0.675. The number of hydrogen-bond acceptors (Lipinski definition) is 2. The highest BCUT2D eigenvalue weighted by molar-refractivity contribution is 7.99. The third-order valence-electron chi connectivity index (χ3n) is 3.31. The van der Waals surface area contributed by atoms with Crippen molar-refractivity contribution in [3.05, 3.63) is 35.4 Å². The molecule has 0 saturated carbocycles. The lowest BCUT2D eigenvalue weighted by atomic mass is 9.85. The van der Waals surface area contributed by atoms with Crippen molar-refractivity contribution in [3.63, 3.8) is 0 Å². The molecule has 1 fully saturated rings. The van der Waals surface area contributed by atoms with Crippen LogP contribution in [0.25, 0.3) is 0 Å². The Morgan fingerprint density at radius 2 is 2.07 bits per heavy atom. The molecule has 0 amide bonds. The second kappa shape index (κ2) is 5.04. The Kier molecular flexibility index (Phi) is 3.71. The van der Waals surface area contributed by atoms with E-state index in [1.165, 1.54) is 29.1 Å². The molecule has 0 radical (unpaired) electrons. The van der Waals surface area contributed by atoms with Crippen LogP contribution in [0.3, 0.4) is 0 Å². The van der Waals surface area contributed by atoms with Gasteiger partial charge in [-0.05, 0) is 43.0 Å². The molecule has 2 heteroatoms. The molecule has 1 aromatic carbocycles. The minimum Gasteiger partial charge on any atom is -0.330 e. The molecule has 0 bridgehead atoms. The maximum absolute atomic E-state index is 5.85. The summed E-state index contributed by atoms with van der Waals surface area (Å²) < 4.78 is 0. The van der Waals surface area contributed by atoms with E-state index in [-0.39, 0.29) is 0 Å². The van der Waals surface area contributed by atoms with Crippen LogP contribution in [0.1, 0.15) is 23.5 Å². The molecule has 1 heterocycles. The van der Waals surface area contributed by atoms with E-state index in [1.807, 2.05) is 0 Å². The van der Waals surface area contributed by atoms with Crippen LogP contribution in [0, 0.1) is 12.8 Å². The molecule has 0 spiro atoms. The van der Waals surface area contributed by atoms with Crippen molar-refractivity contribution >= 4 is 11.8 Å². The number of benzene rings is 1. The lowest BCUT2D eigenvalue weighted by molar-refractivity contribution is 0.440. The molecule has 1 aliphatic rings. The minimum absolute atomic E-state index is 0.675. The molecule has 1 aromatic rings. The van der Waals surface area contributed by atoms with Crippen molar-refractivity contribution < 1.29 is 0 Å². The highest BCUT2D eigenvalue weighted by atomic mass is 32.2. The Labute approximate surface area is 96.4 Å². The van der Waals surface area contributed by atoms with Gasteiger partial charge in [0.1, 0.15) is 0 Å². The zero-order chi connectivity index (χ0) is 10.7. The van der Waals surface area contributed by atoms with Crippen LogP contribution in [-0.4, -0.2) is 18.1 Å². The second-order valence-corrected chi connectivity index (χ2v) is 5.53. The highest BCUT2D eigenvalue weighted by Crippen LogP contribution is 2.35. The van der Waals surface area contributed by atoms with E-state index in [4.69, 9.17) is 5.73 Å². The Balaban J connectivity index is 2.16. The summed E-state index contributed by atoms with van der Waals surface area (Å²) in [6.45, 7) is 2.97. The van der Waals surface area contributed by atoms with Crippen LogP contribution in [0.4, 0.5) is 0 Å². The van der Waals surface area contributed by atoms with Gasteiger partial charge in [0, 0.05) is 5.75 Å². The first-order valence-corrected chi connectivity index (χ1v) is 6.81. The van der Waals surface area contributed by atoms with E-state index in [2.05, 4.69) is 43.0 Å². The number of aryl methyl sites for hydroxylation is 1. The highest BCUT2D eigenvalue weighted by Gasteiger charge is 2.25. The maximum Gasteiger partial charge on any atom is 0.000462 e. The van der Waals surface area contributed by atoms with Crippen LogP contribution < -0.4 is 5.73 Å². The quantitative estimate of drug-likeness (QED) is 0.831. The van der Waals surface area contributed by atoms with E-state index in [9.17, 15) is 0 Å². The van der Waals surface area contributed by atoms with Crippen molar-refractivity contribution in [2.75, 3.05) is 18.1 Å². The van der Waals surface area contributed by atoms with Crippen LogP contribution in [0.2, 0.25) is 0 Å². The summed E-state index contributed by atoms with van der Waals surface area (Å²) in [4.78, 5) is 0. The van der Waals surface area contributed by atoms with Crippen LogP contribution in [0.5, 0.6) is 0 Å². The molecule has 1 aliphatic heterocycles. The molecule has 2 N–H and O–H groups in total. The summed E-state index contributed by atoms with van der Waals surface area (Å²) >= 11 is 2.07. The SMILES string of the molecule is Cc1ccc(C2CSCCC2CN)cc1. The summed E-state index contributed by atoms with van der Waals surface area (Å²) in [6.07, 6.45) is 1.28. The number of rotatable bonds is 2. The van der Waals surface area contributed by atoms with Crippen molar-refractivity contribution in [3.8, 4) is 0 Å². The molecule has 82 valence electrons. The van der Waals surface area contributed by atoms with E-state index in [0.29, 0.717) is 11.8 Å². The normalized spacial score (nSPS) is 26.5. The molecular weight excluding hydrogens is 202 g/mol. The lowest BCUT2D eigenvalue weighted by Gasteiger charge is -2.30. The van der Waals surface area contributed by atoms with Gasteiger partial charge in [0.25, 0.3) is 0 Å². The first-order chi connectivity index (χ1) is 7.31. The fraction of sp³-hybridized carbons (Fsp3) is 0.538. The van der Waals surface area contributed by atoms with Gasteiger partial charge in [0.15, 0.2) is 0 Å². The standard InChI is InChI=1S/C13H19NS/c1-10-2-4-11(5-3-10)13-9-15-7-6-12(13)8-14/h2-5,12-13H,6-9,14H2,1H3. The predicted octanol–water partition coefficient (Wildman–Crippen LogP) is 2.79. The molecule has 0 aliphatic carbocycles. The first-order valence-electron chi connectivity index (χ1n) is 5.65. The van der Waals surface area contributed by atoms with Crippen molar-refractivity contribution in [1.82, 2.24) is 0 Å². The predicted molar refractivity (Wildman–Crippen MR) is 68.4 cm³/mol. The Bertz CT molecular complexity index is 307. The summed E-state index contributed by atoms with van der Waals surface area (Å²) in [5.41, 5.74) is 8.67. The van der Waals surface area contributed by atoms with Gasteiger partial charge in [-0.1, -0.05) is 29.8 Å². The third kappa shape index (κ3) is 2.56. The Morgan fingerprint density at radius 3 is 2.73 bits per heavy atom. The summed E-state index contributed by atoms with van der Waals surface area (Å²) in [7, 11) is 0. The Hall–Kier alpha value is -0.470. The summed E-state index contributed by atoms with van der Waals surface area (Å²) in [6, 6.07) is 8.97. The van der Waals surface area contributed by atoms with Crippen molar-refractivity contribution in [2.24, 2.45) is 11.7 Å². The van der Waals surface area contributed by atoms with Gasteiger partial charge in [-0.15, -0.1) is 0 Å². The fourth-order valence-electron chi connectivity index (χ4n) is 2.25. The van der Waals surface area contributed by atoms with Crippen molar-refractivity contribution in [2.45, 2.75) is 19.3 Å². The van der Waals surface area contributed by atoms with Crippen molar-refractivity contribution in [1.29, 1.82) is 0 Å². The molecule has 15 heavy (non-hydrogen) atoms. The van der Waals surface area contributed by atoms with Crippen LogP contribution in [-0.2, 0) is 0 Å². The second-order valence-electron chi connectivity index (χ2n) is 4.38. The van der Waals surface area contributed by atoms with E-state index >= 15 is 0 Å². The molecule has 0 aromatic heterocycles. The molecule has 1 saturated heterocycles. The number of thioether (sulfide) groups is 1. The fourth-order valence-corrected chi connectivity index (χ4v) is 3.60. The van der Waals surface area contributed by atoms with Gasteiger partial charge in [-0.25, -0.2) is 0 Å². The molecule has 2 atom stereocenters. The maximum atomic E-state index is 5.85. The van der Waals surface area contributed by atoms with E-state index in [1.54, 1.807) is 0 Å². The molecule has 2 rings (SSSR count). The average molecular weight is 221 g/mol. The van der Waals surface area contributed by atoms with Gasteiger partial charge >= 0.3 is 0 Å². The van der Waals surface area contributed by atoms with Crippen LogP contribution in [0.15, 0.2) is 24.3 Å². The molecule has 1 nitrogen and oxygen atoms in total. The van der Waals surface area contributed by atoms with Gasteiger partial charge in [-0.3, -0.25) is 0 Å². The lowest BCUT2D eigenvalue weighted by Crippen LogP contribution is -2.27. The molecular formula is C13H19NS. The van der Waals surface area contributed by atoms with Gasteiger partial charge in [0.05, 0.1) is 0 Å². The number of nitrogens with two attached hydrogens (primary N) is 1. The zero-order valence-corrected chi connectivity index (χ0v) is 10.1. The van der Waals surface area contributed by atoms with Gasteiger partial charge in [-0.2, -0.15) is 11.8 Å². The van der Waals surface area contributed by atoms with E-state index < -0.39 is 0 Å². The monoisotopic (exact) mass is 221 g/mol. The van der Waals surface area contributed by atoms with Gasteiger partial charge < -0.3 is 5.73 Å². The first kappa shape index (κ1) is 11.0. The van der Waals surface area contributed by atoms with E-state index in [0.717, 1.165) is 6.54 Å². The summed E-state index contributed by atoms with van der Waals surface area (Å²) in [5.74, 6) is 3.89. The topological polar surface area (TPSA) is 26.0 Å². The smallest absolute Gasteiger partial charge is 0.000462 e. The average Bonchev–Trinajstić information content (AvgIpc) is 2.30. The Morgan fingerprint density at radius 1 is 1.33 bits per heavy atom. The molecule has 2 unspecified atom stereocenters. The third-order valence-corrected chi connectivity index (χ3v) is 4.43. The van der Waals surface area contributed by atoms with Gasteiger partial charge in [0.2, 0.25) is 0 Å². The largest absolute Gasteiger partial charge is 0.330 e. The summed E-state index contributed by atoms with van der Waals surface area (Å²) in [5, 5.41) is 0. The van der Waals surface area contributed by atoms with Crippen LogP contribution >= 0.6 is 11.8 Å².